The average Bonchev–Trinajstić information content (AvgIpc) is 2.66. The Kier molecular flexibility index (Phi) is 6.68. The van der Waals surface area contributed by atoms with Crippen molar-refractivity contribution in [2.24, 2.45) is 0 Å². The highest BCUT2D eigenvalue weighted by Crippen LogP contribution is 2.27. The Labute approximate surface area is 157 Å². The number of nitrogens with zero attached hydrogens (tertiary/aromatic N) is 1. The second kappa shape index (κ2) is 8.79. The summed E-state index contributed by atoms with van der Waals surface area (Å²) in [7, 11) is 0. The normalized spacial score (nSPS) is 13.5. The number of esters is 1. The minimum absolute atomic E-state index is 0.157. The van der Waals surface area contributed by atoms with E-state index in [1.54, 1.807) is 5.32 Å². The van der Waals surface area contributed by atoms with Gasteiger partial charge < -0.3 is 10.1 Å². The van der Waals surface area contributed by atoms with Crippen molar-refractivity contribution in [3.8, 4) is 0 Å². The summed E-state index contributed by atoms with van der Waals surface area (Å²) in [6.45, 7) is 0.664. The Balaban J connectivity index is 2.37. The van der Waals surface area contributed by atoms with E-state index in [1.807, 2.05) is 0 Å². The van der Waals surface area contributed by atoms with Crippen LogP contribution in [-0.2, 0) is 16.1 Å². The van der Waals surface area contributed by atoms with E-state index in [9.17, 15) is 27.2 Å². The molecule has 0 aliphatic rings. The molecule has 0 fully saturated rings. The number of aromatic nitrogens is 1. The van der Waals surface area contributed by atoms with E-state index >= 15 is 0 Å². The Hall–Kier alpha value is -3.01. The molecule has 0 unspecified atom stereocenters. The summed E-state index contributed by atoms with van der Waals surface area (Å²) >= 11 is 0. The summed E-state index contributed by atoms with van der Waals surface area (Å²) in [5, 5.41) is 2.35. The maximum absolute atomic E-state index is 14.0. The molecule has 6 nitrogen and oxygen atoms in total. The van der Waals surface area contributed by atoms with E-state index in [1.165, 1.54) is 37.4 Å². The predicted octanol–water partition coefficient (Wildman–Crippen LogP) is 1.54. The standard InChI is InChI=1S/C18H17F4N3O3/c1-2-28-16(27)17(18(20,21)22,24-10-12-5-7-14(19)8-6-12)25-15(26)13-4-3-9-23-11-13/h3-9,11,24H,2,10H2,1H3,(H,25,26)/p+1/t17-/m0/s1. The largest absolute Gasteiger partial charge is 0.478 e. The highest BCUT2D eigenvalue weighted by atomic mass is 19.4. The van der Waals surface area contributed by atoms with Crippen molar-refractivity contribution >= 4 is 11.9 Å². The fraction of sp³-hybridized carbons (Fsp3) is 0.278. The van der Waals surface area contributed by atoms with E-state index < -0.39 is 29.5 Å². The van der Waals surface area contributed by atoms with Crippen LogP contribution in [0.15, 0.2) is 48.8 Å². The lowest BCUT2D eigenvalue weighted by Crippen LogP contribution is -3.06. The third kappa shape index (κ3) is 4.83. The van der Waals surface area contributed by atoms with Gasteiger partial charge in [-0.1, -0.05) is 12.1 Å². The first-order chi connectivity index (χ1) is 13.2. The van der Waals surface area contributed by atoms with Crippen LogP contribution in [-0.4, -0.2) is 35.3 Å². The van der Waals surface area contributed by atoms with Crippen molar-refractivity contribution < 1.29 is 37.2 Å². The van der Waals surface area contributed by atoms with Gasteiger partial charge >= 0.3 is 17.8 Å². The van der Waals surface area contributed by atoms with Gasteiger partial charge in [-0.15, -0.1) is 0 Å². The first-order valence-electron chi connectivity index (χ1n) is 8.25. The fourth-order valence-corrected chi connectivity index (χ4v) is 2.37. The highest BCUT2D eigenvalue weighted by molar-refractivity contribution is 5.97. The molecule has 0 aliphatic heterocycles. The number of hydrogen-bond acceptors (Lipinski definition) is 4. The van der Waals surface area contributed by atoms with Crippen LogP contribution >= 0.6 is 0 Å². The van der Waals surface area contributed by atoms with Crippen LogP contribution in [0.3, 0.4) is 0 Å². The molecule has 1 atom stereocenters. The molecule has 3 N–H and O–H groups in total. The smallest absolute Gasteiger partial charge is 0.460 e. The molecule has 1 heterocycles. The van der Waals surface area contributed by atoms with Gasteiger partial charge in [-0.2, -0.15) is 13.2 Å². The van der Waals surface area contributed by atoms with Gasteiger partial charge in [0.2, 0.25) is 0 Å². The minimum Gasteiger partial charge on any atom is -0.460 e. The van der Waals surface area contributed by atoms with E-state index in [-0.39, 0.29) is 18.7 Å². The summed E-state index contributed by atoms with van der Waals surface area (Å²) in [4.78, 5) is 28.3. The molecule has 150 valence electrons. The van der Waals surface area contributed by atoms with Gasteiger partial charge in [0.05, 0.1) is 12.2 Å². The lowest BCUT2D eigenvalue weighted by atomic mass is 10.1. The van der Waals surface area contributed by atoms with Gasteiger partial charge in [0.15, 0.2) is 0 Å². The average molecular weight is 400 g/mol. The SMILES string of the molecule is CCOC(=O)[C@@](NC(=O)c1cccnc1)([NH2+]Cc1ccc(F)cc1)C(F)(F)F. The molecule has 0 bridgehead atoms. The zero-order valence-electron chi connectivity index (χ0n) is 14.8. The Morgan fingerprint density at radius 3 is 2.39 bits per heavy atom. The molecule has 1 amide bonds. The van der Waals surface area contributed by atoms with Gasteiger partial charge in [0, 0.05) is 18.0 Å². The van der Waals surface area contributed by atoms with Gasteiger partial charge in [-0.3, -0.25) is 15.1 Å². The number of halogens is 4. The molecule has 0 radical (unpaired) electrons. The van der Waals surface area contributed by atoms with Crippen LogP contribution < -0.4 is 10.6 Å². The third-order valence-electron chi connectivity index (χ3n) is 3.84. The number of carbonyl (C=O) groups excluding carboxylic acids is 2. The molecular formula is C18H18F4N3O3+. The van der Waals surface area contributed by atoms with Crippen molar-refractivity contribution in [3.05, 3.63) is 65.7 Å². The van der Waals surface area contributed by atoms with Gasteiger partial charge in [0.25, 0.3) is 5.91 Å². The van der Waals surface area contributed by atoms with Crippen LogP contribution in [0.25, 0.3) is 0 Å². The van der Waals surface area contributed by atoms with Gasteiger partial charge in [-0.25, -0.2) is 9.18 Å². The molecule has 28 heavy (non-hydrogen) atoms. The molecule has 0 aliphatic carbocycles. The summed E-state index contributed by atoms with van der Waals surface area (Å²) in [6.07, 6.45) is -2.77. The van der Waals surface area contributed by atoms with Gasteiger partial charge in [0.1, 0.15) is 12.4 Å². The first-order valence-corrected chi connectivity index (χ1v) is 8.25. The quantitative estimate of drug-likeness (QED) is 0.420. The van der Waals surface area contributed by atoms with Crippen molar-refractivity contribution in [1.29, 1.82) is 0 Å². The molecule has 2 rings (SSSR count). The van der Waals surface area contributed by atoms with Crippen molar-refractivity contribution in [1.82, 2.24) is 10.3 Å². The van der Waals surface area contributed by atoms with Crippen LogP contribution in [0, 0.1) is 5.82 Å². The minimum atomic E-state index is -5.18. The second-order valence-electron chi connectivity index (χ2n) is 5.76. The summed E-state index contributed by atoms with van der Waals surface area (Å²) < 4.78 is 59.5. The van der Waals surface area contributed by atoms with E-state index in [2.05, 4.69) is 9.72 Å². The van der Waals surface area contributed by atoms with Gasteiger partial charge in [-0.05, 0) is 31.2 Å². The zero-order valence-corrected chi connectivity index (χ0v) is 14.8. The summed E-state index contributed by atoms with van der Waals surface area (Å²) in [5.41, 5.74) is -3.23. The van der Waals surface area contributed by atoms with E-state index in [4.69, 9.17) is 0 Å². The maximum atomic E-state index is 14.0. The van der Waals surface area contributed by atoms with Crippen LogP contribution in [0.1, 0.15) is 22.8 Å². The number of ether oxygens (including phenoxy) is 1. The second-order valence-corrected chi connectivity index (χ2v) is 5.76. The summed E-state index contributed by atoms with van der Waals surface area (Å²) in [6, 6.07) is 7.35. The Bertz CT molecular complexity index is 813. The van der Waals surface area contributed by atoms with Crippen LogP contribution in [0.5, 0.6) is 0 Å². The number of rotatable bonds is 7. The number of hydrogen-bond donors (Lipinski definition) is 2. The van der Waals surface area contributed by atoms with Crippen LogP contribution in [0.4, 0.5) is 17.6 Å². The number of pyridine rings is 1. The Morgan fingerprint density at radius 1 is 1.18 bits per heavy atom. The number of alkyl halides is 3. The lowest BCUT2D eigenvalue weighted by molar-refractivity contribution is -0.757. The van der Waals surface area contributed by atoms with Crippen molar-refractivity contribution in [2.45, 2.75) is 25.3 Å². The van der Waals surface area contributed by atoms with E-state index in [0.717, 1.165) is 18.3 Å². The lowest BCUT2D eigenvalue weighted by Gasteiger charge is -2.31. The molecular weight excluding hydrogens is 382 g/mol. The molecule has 0 saturated heterocycles. The molecule has 1 aromatic carbocycles. The zero-order chi connectivity index (χ0) is 20.8. The monoisotopic (exact) mass is 400 g/mol. The highest BCUT2D eigenvalue weighted by Gasteiger charge is 2.67. The predicted molar refractivity (Wildman–Crippen MR) is 89.2 cm³/mol. The molecule has 0 saturated carbocycles. The fourth-order valence-electron chi connectivity index (χ4n) is 2.37. The number of carbonyl (C=O) groups is 2. The summed E-state index contributed by atoms with van der Waals surface area (Å²) in [5.74, 6) is -3.36. The topological polar surface area (TPSA) is 84.9 Å². The molecule has 10 heteroatoms. The van der Waals surface area contributed by atoms with Crippen molar-refractivity contribution in [2.75, 3.05) is 6.61 Å². The molecule has 0 spiro atoms. The number of nitrogens with one attached hydrogen (secondary N) is 1. The Morgan fingerprint density at radius 2 is 1.86 bits per heavy atom. The number of amides is 1. The number of nitrogens with two attached hydrogens (primary N) is 1. The number of quaternary nitrogens is 1. The van der Waals surface area contributed by atoms with Crippen molar-refractivity contribution in [3.63, 3.8) is 0 Å². The molecule has 1 aromatic heterocycles. The maximum Gasteiger partial charge on any atom is 0.478 e. The third-order valence-corrected chi connectivity index (χ3v) is 3.84. The molecule has 2 aromatic rings. The van der Waals surface area contributed by atoms with Crippen LogP contribution in [0.2, 0.25) is 0 Å². The number of benzene rings is 1. The van der Waals surface area contributed by atoms with E-state index in [0.29, 0.717) is 10.9 Å². The first kappa shape index (κ1) is 21.3.